The Morgan fingerprint density at radius 2 is 2.08 bits per heavy atom. The van der Waals surface area contributed by atoms with Gasteiger partial charge in [-0.1, -0.05) is 42.9 Å². The van der Waals surface area contributed by atoms with Crippen molar-refractivity contribution in [3.8, 4) is 0 Å². The van der Waals surface area contributed by atoms with Crippen LogP contribution in [0.1, 0.15) is 27.2 Å². The molecule has 1 nitrogen and oxygen atoms in total. The Balaban J connectivity index is 3.93. The topological polar surface area (TPSA) is 20.2 Å². The molecule has 0 amide bonds. The molecule has 0 aliphatic carbocycles. The van der Waals surface area contributed by atoms with Crippen LogP contribution in [0, 0.1) is 5.92 Å². The molecule has 0 unspecified atom stereocenters. The van der Waals surface area contributed by atoms with Crippen LogP contribution in [-0.2, 0) is 0 Å². The maximum absolute atomic E-state index is 8.53. The van der Waals surface area contributed by atoms with E-state index in [-0.39, 0.29) is 6.61 Å². The Kier molecular flexibility index (Phi) is 7.32. The van der Waals surface area contributed by atoms with E-state index in [1.165, 1.54) is 5.57 Å². The summed E-state index contributed by atoms with van der Waals surface area (Å²) in [7, 11) is 0. The molecule has 0 saturated carbocycles. The molecule has 0 radical (unpaired) electrons. The molecule has 0 heterocycles. The molecule has 0 rings (SSSR count). The summed E-state index contributed by atoms with van der Waals surface area (Å²) >= 11 is 0. The monoisotopic (exact) mass is 180 g/mol. The van der Waals surface area contributed by atoms with Gasteiger partial charge < -0.3 is 5.11 Å². The van der Waals surface area contributed by atoms with Crippen molar-refractivity contribution < 1.29 is 5.11 Å². The number of rotatable bonds is 5. The first-order valence-corrected chi connectivity index (χ1v) is 4.76. The lowest BCUT2D eigenvalue weighted by Crippen LogP contribution is -1.85. The van der Waals surface area contributed by atoms with Gasteiger partial charge in [-0.15, -0.1) is 0 Å². The number of aliphatic hydroxyl groups excluding tert-OH is 1. The zero-order valence-corrected chi connectivity index (χ0v) is 8.83. The second-order valence-electron chi connectivity index (χ2n) is 3.26. The van der Waals surface area contributed by atoms with Crippen LogP contribution in [0.25, 0.3) is 0 Å². The van der Waals surface area contributed by atoms with Crippen molar-refractivity contribution >= 4 is 0 Å². The fourth-order valence-electron chi connectivity index (χ4n) is 1.22. The van der Waals surface area contributed by atoms with Gasteiger partial charge >= 0.3 is 0 Å². The van der Waals surface area contributed by atoms with Crippen LogP contribution in [0.15, 0.2) is 36.0 Å². The third-order valence-corrected chi connectivity index (χ3v) is 1.76. The van der Waals surface area contributed by atoms with E-state index >= 15 is 0 Å². The van der Waals surface area contributed by atoms with Gasteiger partial charge in [0.15, 0.2) is 0 Å². The van der Waals surface area contributed by atoms with E-state index in [4.69, 9.17) is 5.11 Å². The van der Waals surface area contributed by atoms with Crippen LogP contribution in [0.3, 0.4) is 0 Å². The molecule has 74 valence electrons. The summed E-state index contributed by atoms with van der Waals surface area (Å²) in [6.45, 7) is 6.45. The minimum Gasteiger partial charge on any atom is -0.392 e. The van der Waals surface area contributed by atoms with Crippen molar-refractivity contribution in [2.75, 3.05) is 6.61 Å². The van der Waals surface area contributed by atoms with Crippen molar-refractivity contribution in [3.63, 3.8) is 0 Å². The molecule has 1 N–H and O–H groups in total. The summed E-state index contributed by atoms with van der Waals surface area (Å²) in [5.41, 5.74) is 1.34. The highest BCUT2D eigenvalue weighted by Gasteiger charge is 1.91. The van der Waals surface area contributed by atoms with Gasteiger partial charge in [0.1, 0.15) is 0 Å². The lowest BCUT2D eigenvalue weighted by molar-refractivity contribution is 0.342. The molecule has 0 bridgehead atoms. The van der Waals surface area contributed by atoms with E-state index in [9.17, 15) is 0 Å². The highest BCUT2D eigenvalue weighted by Crippen LogP contribution is 2.08. The van der Waals surface area contributed by atoms with Crippen molar-refractivity contribution in [1.29, 1.82) is 0 Å². The van der Waals surface area contributed by atoms with Gasteiger partial charge in [-0.25, -0.2) is 0 Å². The van der Waals surface area contributed by atoms with Crippen molar-refractivity contribution in [2.24, 2.45) is 5.92 Å². The summed E-state index contributed by atoms with van der Waals surface area (Å²) in [5.74, 6) is 0.507. The predicted octanol–water partition coefficient (Wildman–Crippen LogP) is 3.08. The van der Waals surface area contributed by atoms with Crippen LogP contribution in [0.5, 0.6) is 0 Å². The molecule has 1 heteroatoms. The van der Waals surface area contributed by atoms with Crippen LogP contribution in [-0.4, -0.2) is 11.7 Å². The lowest BCUT2D eigenvalue weighted by Gasteiger charge is -2.00. The molecule has 1 atom stereocenters. The summed E-state index contributed by atoms with van der Waals surface area (Å²) in [6, 6.07) is 0. The molecule has 0 fully saturated rings. The molecular formula is C12H20O. The predicted molar refractivity (Wildman–Crippen MR) is 58.6 cm³/mol. The maximum atomic E-state index is 8.53. The zero-order chi connectivity index (χ0) is 10.1. The molecule has 13 heavy (non-hydrogen) atoms. The maximum Gasteiger partial charge on any atom is 0.0612 e. The summed E-state index contributed by atoms with van der Waals surface area (Å²) in [4.78, 5) is 0. The van der Waals surface area contributed by atoms with E-state index in [0.717, 1.165) is 6.42 Å². The Morgan fingerprint density at radius 1 is 1.38 bits per heavy atom. The van der Waals surface area contributed by atoms with Crippen LogP contribution < -0.4 is 0 Å². The minimum atomic E-state index is 0.137. The number of allylic oxidation sites excluding steroid dienone is 5. The fraction of sp³-hybridized carbons (Fsp3) is 0.500. The van der Waals surface area contributed by atoms with Gasteiger partial charge in [0.2, 0.25) is 0 Å². The Morgan fingerprint density at radius 3 is 2.62 bits per heavy atom. The quantitative estimate of drug-likeness (QED) is 0.645. The summed E-state index contributed by atoms with van der Waals surface area (Å²) in [6.07, 6.45) is 11.2. The normalized spacial score (nSPS) is 15.8. The zero-order valence-electron chi connectivity index (χ0n) is 8.83. The second-order valence-corrected chi connectivity index (χ2v) is 3.26. The van der Waals surface area contributed by atoms with Gasteiger partial charge in [-0.05, 0) is 26.2 Å². The molecule has 0 aliphatic rings. The minimum absolute atomic E-state index is 0.137. The third-order valence-electron chi connectivity index (χ3n) is 1.76. The van der Waals surface area contributed by atoms with Crippen molar-refractivity contribution in [3.05, 3.63) is 36.0 Å². The van der Waals surface area contributed by atoms with E-state index < -0.39 is 0 Å². The molecule has 0 aromatic heterocycles. The van der Waals surface area contributed by atoms with Crippen LogP contribution in [0.4, 0.5) is 0 Å². The van der Waals surface area contributed by atoms with E-state index in [2.05, 4.69) is 32.1 Å². The van der Waals surface area contributed by atoms with Gasteiger partial charge in [0, 0.05) is 0 Å². The number of aliphatic hydroxyl groups is 1. The van der Waals surface area contributed by atoms with Crippen LogP contribution >= 0.6 is 0 Å². The average molecular weight is 180 g/mol. The first-order chi connectivity index (χ1) is 6.20. The van der Waals surface area contributed by atoms with Gasteiger partial charge in [-0.3, -0.25) is 0 Å². The smallest absolute Gasteiger partial charge is 0.0612 e. The first-order valence-electron chi connectivity index (χ1n) is 4.76. The van der Waals surface area contributed by atoms with Gasteiger partial charge in [-0.2, -0.15) is 0 Å². The van der Waals surface area contributed by atoms with E-state index in [1.807, 2.05) is 13.0 Å². The molecule has 0 aliphatic heterocycles. The second kappa shape index (κ2) is 7.81. The molecule has 0 aromatic carbocycles. The third kappa shape index (κ3) is 7.54. The van der Waals surface area contributed by atoms with Gasteiger partial charge in [0.05, 0.1) is 6.61 Å². The average Bonchev–Trinajstić information content (AvgIpc) is 2.05. The van der Waals surface area contributed by atoms with Gasteiger partial charge in [0.25, 0.3) is 0 Å². The highest BCUT2D eigenvalue weighted by atomic mass is 16.2. The fourth-order valence-corrected chi connectivity index (χ4v) is 1.22. The highest BCUT2D eigenvalue weighted by molar-refractivity contribution is 5.09. The Bertz CT molecular complexity index is 199. The molecule has 0 aromatic rings. The first kappa shape index (κ1) is 12.2. The van der Waals surface area contributed by atoms with E-state index in [0.29, 0.717) is 5.92 Å². The standard InChI is InChI=1S/C12H20O/c1-4-7-11(2)10-12(3)8-5-6-9-13/h4-7,10-11,13H,8-9H2,1-3H3/b6-5+,7-4+,12-10+/t11-/m0/s1. The van der Waals surface area contributed by atoms with Crippen molar-refractivity contribution in [1.82, 2.24) is 0 Å². The molecule has 0 spiro atoms. The van der Waals surface area contributed by atoms with Crippen LogP contribution in [0.2, 0.25) is 0 Å². The summed E-state index contributed by atoms with van der Waals surface area (Å²) in [5, 5.41) is 8.53. The number of hydrogen-bond donors (Lipinski definition) is 1. The largest absolute Gasteiger partial charge is 0.392 e. The molecular weight excluding hydrogens is 160 g/mol. The number of hydrogen-bond acceptors (Lipinski definition) is 1. The van der Waals surface area contributed by atoms with Crippen molar-refractivity contribution in [2.45, 2.75) is 27.2 Å². The molecule has 0 saturated heterocycles. The SMILES string of the molecule is C/C=C/[C@H](C)/C=C(\C)C/C=C/CO. The Hall–Kier alpha value is -0.820. The summed E-state index contributed by atoms with van der Waals surface area (Å²) < 4.78 is 0. The Labute approximate surface area is 81.5 Å². The lowest BCUT2D eigenvalue weighted by atomic mass is 10.1. The van der Waals surface area contributed by atoms with E-state index in [1.54, 1.807) is 6.08 Å².